The standard InChI is InChI=1S/C11H19N3O/c1-2-4-11(15,8-12)7-9-3-5-14-10(13)6-9/h3,5-6,15H,2,4,7-8,12H2,1H3,(H2,13,14). The zero-order valence-electron chi connectivity index (χ0n) is 9.11. The molecule has 1 heterocycles. The molecule has 0 spiro atoms. The molecule has 1 rings (SSSR count). The van der Waals surface area contributed by atoms with E-state index in [1.807, 2.05) is 13.0 Å². The summed E-state index contributed by atoms with van der Waals surface area (Å²) in [6.07, 6.45) is 3.79. The molecule has 0 aliphatic rings. The Morgan fingerprint density at radius 3 is 2.80 bits per heavy atom. The highest BCUT2D eigenvalue weighted by Gasteiger charge is 2.24. The first-order chi connectivity index (χ1) is 7.09. The van der Waals surface area contributed by atoms with Gasteiger partial charge in [0.1, 0.15) is 5.82 Å². The topological polar surface area (TPSA) is 85.2 Å². The van der Waals surface area contributed by atoms with E-state index >= 15 is 0 Å². The van der Waals surface area contributed by atoms with E-state index in [1.54, 1.807) is 12.3 Å². The van der Waals surface area contributed by atoms with Crippen LogP contribution >= 0.6 is 0 Å². The summed E-state index contributed by atoms with van der Waals surface area (Å²) >= 11 is 0. The van der Waals surface area contributed by atoms with Gasteiger partial charge in [0.05, 0.1) is 5.60 Å². The van der Waals surface area contributed by atoms with E-state index in [0.29, 0.717) is 18.7 Å². The first-order valence-corrected chi connectivity index (χ1v) is 5.22. The Morgan fingerprint density at radius 1 is 1.53 bits per heavy atom. The van der Waals surface area contributed by atoms with Crippen LogP contribution in [0.4, 0.5) is 5.82 Å². The van der Waals surface area contributed by atoms with Crippen LogP contribution in [-0.2, 0) is 6.42 Å². The van der Waals surface area contributed by atoms with Crippen LogP contribution in [0.5, 0.6) is 0 Å². The van der Waals surface area contributed by atoms with Crippen LogP contribution in [-0.4, -0.2) is 22.2 Å². The van der Waals surface area contributed by atoms with Crippen LogP contribution in [0, 0.1) is 0 Å². The number of hydrogen-bond acceptors (Lipinski definition) is 4. The predicted molar refractivity (Wildman–Crippen MR) is 61.3 cm³/mol. The molecule has 0 saturated heterocycles. The van der Waals surface area contributed by atoms with Gasteiger partial charge in [0.25, 0.3) is 0 Å². The molecule has 0 aromatic carbocycles. The first-order valence-electron chi connectivity index (χ1n) is 5.22. The molecule has 1 aromatic heterocycles. The van der Waals surface area contributed by atoms with Crippen LogP contribution in [0.25, 0.3) is 0 Å². The molecular weight excluding hydrogens is 190 g/mol. The Labute approximate surface area is 90.3 Å². The highest BCUT2D eigenvalue weighted by Crippen LogP contribution is 2.18. The first kappa shape index (κ1) is 11.9. The van der Waals surface area contributed by atoms with Crippen molar-refractivity contribution in [3.8, 4) is 0 Å². The molecule has 1 aromatic rings. The Hall–Kier alpha value is -1.13. The minimum atomic E-state index is -0.817. The summed E-state index contributed by atoms with van der Waals surface area (Å²) in [5, 5.41) is 10.2. The fourth-order valence-corrected chi connectivity index (χ4v) is 1.71. The molecule has 1 unspecified atom stereocenters. The van der Waals surface area contributed by atoms with Crippen molar-refractivity contribution in [2.24, 2.45) is 5.73 Å². The lowest BCUT2D eigenvalue weighted by Crippen LogP contribution is -2.39. The lowest BCUT2D eigenvalue weighted by Gasteiger charge is -2.26. The normalized spacial score (nSPS) is 14.9. The van der Waals surface area contributed by atoms with Crippen LogP contribution < -0.4 is 11.5 Å². The van der Waals surface area contributed by atoms with Crippen molar-refractivity contribution in [1.82, 2.24) is 4.98 Å². The number of anilines is 1. The quantitative estimate of drug-likeness (QED) is 0.666. The Balaban J connectivity index is 2.74. The fourth-order valence-electron chi connectivity index (χ4n) is 1.71. The van der Waals surface area contributed by atoms with Crippen LogP contribution in [0.2, 0.25) is 0 Å². The summed E-state index contributed by atoms with van der Waals surface area (Å²) in [6, 6.07) is 3.63. The lowest BCUT2D eigenvalue weighted by atomic mass is 9.90. The zero-order valence-corrected chi connectivity index (χ0v) is 9.11. The maximum atomic E-state index is 10.2. The number of aromatic nitrogens is 1. The molecule has 84 valence electrons. The van der Waals surface area contributed by atoms with Gasteiger partial charge in [-0.2, -0.15) is 0 Å². The number of rotatable bonds is 5. The molecule has 0 amide bonds. The van der Waals surface area contributed by atoms with Gasteiger partial charge in [0.15, 0.2) is 0 Å². The average Bonchev–Trinajstić information content (AvgIpc) is 2.18. The van der Waals surface area contributed by atoms with Crippen molar-refractivity contribution in [3.05, 3.63) is 23.9 Å². The number of nitrogen functional groups attached to an aromatic ring is 1. The number of pyridine rings is 1. The van der Waals surface area contributed by atoms with Gasteiger partial charge in [-0.15, -0.1) is 0 Å². The predicted octanol–water partition coefficient (Wildman–Crippen LogP) is 0.696. The minimum absolute atomic E-state index is 0.267. The van der Waals surface area contributed by atoms with Crippen molar-refractivity contribution in [2.45, 2.75) is 31.8 Å². The largest absolute Gasteiger partial charge is 0.388 e. The molecule has 4 heteroatoms. The van der Waals surface area contributed by atoms with Crippen molar-refractivity contribution in [3.63, 3.8) is 0 Å². The molecule has 15 heavy (non-hydrogen) atoms. The third kappa shape index (κ3) is 3.49. The molecule has 0 bridgehead atoms. The monoisotopic (exact) mass is 209 g/mol. The van der Waals surface area contributed by atoms with E-state index in [0.717, 1.165) is 12.0 Å². The third-order valence-electron chi connectivity index (χ3n) is 2.47. The van der Waals surface area contributed by atoms with E-state index < -0.39 is 5.60 Å². The summed E-state index contributed by atoms with van der Waals surface area (Å²) < 4.78 is 0. The van der Waals surface area contributed by atoms with Gasteiger partial charge in [-0.25, -0.2) is 4.98 Å². The number of aliphatic hydroxyl groups is 1. The number of nitrogens with zero attached hydrogens (tertiary/aromatic N) is 1. The Kier molecular flexibility index (Phi) is 4.05. The average molecular weight is 209 g/mol. The van der Waals surface area contributed by atoms with E-state index in [1.165, 1.54) is 0 Å². The van der Waals surface area contributed by atoms with Gasteiger partial charge >= 0.3 is 0 Å². The fraction of sp³-hybridized carbons (Fsp3) is 0.545. The summed E-state index contributed by atoms with van der Waals surface area (Å²) in [5.74, 6) is 0.475. The highest BCUT2D eigenvalue weighted by atomic mass is 16.3. The zero-order chi connectivity index (χ0) is 11.3. The maximum Gasteiger partial charge on any atom is 0.123 e. The second kappa shape index (κ2) is 5.09. The third-order valence-corrected chi connectivity index (χ3v) is 2.47. The van der Waals surface area contributed by atoms with E-state index in [-0.39, 0.29) is 6.54 Å². The summed E-state index contributed by atoms with van der Waals surface area (Å²) in [5.41, 5.74) is 11.3. The van der Waals surface area contributed by atoms with Crippen molar-refractivity contribution in [1.29, 1.82) is 0 Å². The second-order valence-corrected chi connectivity index (χ2v) is 3.94. The van der Waals surface area contributed by atoms with Gasteiger partial charge < -0.3 is 16.6 Å². The summed E-state index contributed by atoms with van der Waals surface area (Å²) in [6.45, 7) is 2.30. The molecule has 0 fully saturated rings. The van der Waals surface area contributed by atoms with Gasteiger partial charge in [-0.1, -0.05) is 13.3 Å². The Bertz CT molecular complexity index is 316. The van der Waals surface area contributed by atoms with Gasteiger partial charge in [-0.3, -0.25) is 0 Å². The molecule has 4 nitrogen and oxygen atoms in total. The number of nitrogens with two attached hydrogens (primary N) is 2. The van der Waals surface area contributed by atoms with Crippen molar-refractivity contribution >= 4 is 5.82 Å². The smallest absolute Gasteiger partial charge is 0.123 e. The van der Waals surface area contributed by atoms with E-state index in [4.69, 9.17) is 11.5 Å². The second-order valence-electron chi connectivity index (χ2n) is 3.94. The molecule has 5 N–H and O–H groups in total. The van der Waals surface area contributed by atoms with Gasteiger partial charge in [-0.05, 0) is 24.1 Å². The molecule has 1 atom stereocenters. The molecule has 0 aliphatic carbocycles. The molecule has 0 radical (unpaired) electrons. The highest BCUT2D eigenvalue weighted by molar-refractivity contribution is 5.32. The van der Waals surface area contributed by atoms with Gasteiger partial charge in [0.2, 0.25) is 0 Å². The minimum Gasteiger partial charge on any atom is -0.388 e. The van der Waals surface area contributed by atoms with Gasteiger partial charge in [0, 0.05) is 19.2 Å². The lowest BCUT2D eigenvalue weighted by molar-refractivity contribution is 0.0399. The number of hydrogen-bond donors (Lipinski definition) is 3. The molecular formula is C11H19N3O. The molecule has 0 aliphatic heterocycles. The Morgan fingerprint density at radius 2 is 2.27 bits per heavy atom. The van der Waals surface area contributed by atoms with Crippen LogP contribution in [0.1, 0.15) is 25.3 Å². The molecule has 0 saturated carbocycles. The van der Waals surface area contributed by atoms with E-state index in [9.17, 15) is 5.11 Å². The van der Waals surface area contributed by atoms with Crippen molar-refractivity contribution in [2.75, 3.05) is 12.3 Å². The summed E-state index contributed by atoms with van der Waals surface area (Å²) in [7, 11) is 0. The SMILES string of the molecule is CCCC(O)(CN)Cc1ccnc(N)c1. The summed E-state index contributed by atoms with van der Waals surface area (Å²) in [4.78, 5) is 3.91. The van der Waals surface area contributed by atoms with E-state index in [2.05, 4.69) is 4.98 Å². The van der Waals surface area contributed by atoms with Crippen LogP contribution in [0.15, 0.2) is 18.3 Å². The maximum absolute atomic E-state index is 10.2. The van der Waals surface area contributed by atoms with Crippen LogP contribution in [0.3, 0.4) is 0 Å². The van der Waals surface area contributed by atoms with Crippen molar-refractivity contribution < 1.29 is 5.11 Å².